The first-order chi connectivity index (χ1) is 9.39. The lowest BCUT2D eigenvalue weighted by atomic mass is 9.50. The highest BCUT2D eigenvalue weighted by Gasteiger charge is 2.54. The summed E-state index contributed by atoms with van der Waals surface area (Å²) in [6.07, 6.45) is 5.84. The van der Waals surface area contributed by atoms with E-state index < -0.39 is 0 Å². The van der Waals surface area contributed by atoms with E-state index >= 15 is 0 Å². The zero-order valence-corrected chi connectivity index (χ0v) is 13.9. The monoisotopic (exact) mass is 306 g/mol. The van der Waals surface area contributed by atoms with Crippen LogP contribution in [0, 0.1) is 11.3 Å². The molecule has 0 amide bonds. The predicted molar refractivity (Wildman–Crippen MR) is 90.7 cm³/mol. The van der Waals surface area contributed by atoms with Crippen LogP contribution >= 0.6 is 23.8 Å². The summed E-state index contributed by atoms with van der Waals surface area (Å²) in [5.41, 5.74) is 1.91. The third-order valence-corrected chi connectivity index (χ3v) is 6.77. The quantitative estimate of drug-likeness (QED) is 0.512. The second-order valence-electron chi connectivity index (χ2n) is 7.48. The minimum Gasteiger partial charge on any atom is -0.119 e. The summed E-state index contributed by atoms with van der Waals surface area (Å²) in [7, 11) is 0. The minimum atomic E-state index is -0.0572. The minimum absolute atomic E-state index is 0.0572. The van der Waals surface area contributed by atoms with E-state index in [0.717, 1.165) is 12.8 Å². The number of benzene rings is 1. The summed E-state index contributed by atoms with van der Waals surface area (Å²) >= 11 is 12.2. The zero-order chi connectivity index (χ0) is 14.4. The molecular weight excluding hydrogens is 284 g/mol. The number of halogens is 1. The van der Waals surface area contributed by atoms with Crippen molar-refractivity contribution in [3.63, 3.8) is 0 Å². The lowest BCUT2D eigenvalue weighted by Gasteiger charge is -2.56. The van der Waals surface area contributed by atoms with Gasteiger partial charge in [0.15, 0.2) is 0 Å². The molecule has 2 saturated carbocycles. The lowest BCUT2D eigenvalue weighted by molar-refractivity contribution is 0.0601. The molecular formula is C18H23ClS. The van der Waals surface area contributed by atoms with E-state index in [2.05, 4.69) is 44.2 Å². The van der Waals surface area contributed by atoms with Crippen molar-refractivity contribution in [2.45, 2.75) is 56.2 Å². The highest BCUT2D eigenvalue weighted by Crippen LogP contribution is 2.60. The molecule has 4 unspecified atom stereocenters. The van der Waals surface area contributed by atoms with Gasteiger partial charge in [0, 0.05) is 4.87 Å². The topological polar surface area (TPSA) is 0 Å². The maximum absolute atomic E-state index is 6.82. The van der Waals surface area contributed by atoms with Crippen LogP contribution < -0.4 is 0 Å². The maximum atomic E-state index is 6.82. The van der Waals surface area contributed by atoms with Crippen LogP contribution in [0.1, 0.15) is 51.5 Å². The van der Waals surface area contributed by atoms with Gasteiger partial charge >= 0.3 is 0 Å². The van der Waals surface area contributed by atoms with Gasteiger partial charge in [-0.05, 0) is 66.7 Å². The zero-order valence-electron chi connectivity index (χ0n) is 12.4. The Morgan fingerprint density at radius 2 is 1.85 bits per heavy atom. The Hall–Kier alpha value is -0.400. The standard InChI is InChI=1S/C18H23ClS/c1-16(13-20)10-15-11-18(12-16,9-8-17(15,2)19)14-6-4-3-5-7-14/h3-7,13,15H,8-12H2,1-2H3. The summed E-state index contributed by atoms with van der Waals surface area (Å²) in [6, 6.07) is 11.0. The van der Waals surface area contributed by atoms with Crippen molar-refractivity contribution in [3.8, 4) is 0 Å². The molecule has 0 radical (unpaired) electrons. The van der Waals surface area contributed by atoms with Gasteiger partial charge in [-0.1, -0.05) is 49.5 Å². The highest BCUT2D eigenvalue weighted by molar-refractivity contribution is 7.79. The molecule has 2 aliphatic rings. The van der Waals surface area contributed by atoms with Crippen LogP contribution in [0.2, 0.25) is 0 Å². The van der Waals surface area contributed by atoms with Crippen LogP contribution in [0.4, 0.5) is 0 Å². The van der Waals surface area contributed by atoms with Crippen LogP contribution in [0.15, 0.2) is 30.3 Å². The number of rotatable bonds is 2. The smallest absolute Gasteiger partial charge is 0.0447 e. The molecule has 2 aliphatic carbocycles. The predicted octanol–water partition coefficient (Wildman–Crippen LogP) is 5.52. The van der Waals surface area contributed by atoms with Crippen molar-refractivity contribution in [2.24, 2.45) is 11.3 Å². The molecule has 3 rings (SSSR count). The van der Waals surface area contributed by atoms with Crippen LogP contribution in [-0.2, 0) is 5.41 Å². The van der Waals surface area contributed by atoms with Gasteiger partial charge in [-0.15, -0.1) is 11.6 Å². The van der Waals surface area contributed by atoms with E-state index in [1.54, 1.807) is 0 Å². The molecule has 0 saturated heterocycles. The Kier molecular flexibility index (Phi) is 3.50. The summed E-state index contributed by atoms with van der Waals surface area (Å²) in [6.45, 7) is 4.55. The fourth-order valence-corrected chi connectivity index (χ4v) is 5.00. The molecule has 0 heterocycles. The van der Waals surface area contributed by atoms with Crippen molar-refractivity contribution in [1.82, 2.24) is 0 Å². The number of thiocarbonyl (C=S) groups is 1. The molecule has 1 aromatic carbocycles. The number of alkyl halides is 1. The second-order valence-corrected chi connectivity index (χ2v) is 8.58. The van der Waals surface area contributed by atoms with E-state index in [9.17, 15) is 0 Å². The second kappa shape index (κ2) is 4.81. The molecule has 0 N–H and O–H groups in total. The van der Waals surface area contributed by atoms with Crippen LogP contribution in [0.5, 0.6) is 0 Å². The first kappa shape index (κ1) is 14.5. The molecule has 2 heteroatoms. The lowest BCUT2D eigenvalue weighted by Crippen LogP contribution is -2.52. The SMILES string of the molecule is CC1(C=S)CC2CC(c3ccccc3)(CCC2(C)Cl)C1. The van der Waals surface area contributed by atoms with Gasteiger partial charge in [0.25, 0.3) is 0 Å². The number of hydrogen-bond acceptors (Lipinski definition) is 1. The first-order valence-corrected chi connectivity index (χ1v) is 8.45. The Bertz CT molecular complexity index is 509. The summed E-state index contributed by atoms with van der Waals surface area (Å²) in [5, 5.41) is 2.01. The van der Waals surface area contributed by atoms with Gasteiger partial charge in [0.2, 0.25) is 0 Å². The largest absolute Gasteiger partial charge is 0.119 e. The van der Waals surface area contributed by atoms with E-state index in [1.165, 1.54) is 24.8 Å². The van der Waals surface area contributed by atoms with Crippen LogP contribution in [0.3, 0.4) is 0 Å². The fraction of sp³-hybridized carbons (Fsp3) is 0.611. The fourth-order valence-electron chi connectivity index (χ4n) is 4.57. The Morgan fingerprint density at radius 1 is 1.15 bits per heavy atom. The molecule has 4 atom stereocenters. The summed E-state index contributed by atoms with van der Waals surface area (Å²) in [4.78, 5) is -0.0572. The summed E-state index contributed by atoms with van der Waals surface area (Å²) < 4.78 is 0. The molecule has 1 aromatic rings. The third kappa shape index (κ3) is 2.33. The van der Waals surface area contributed by atoms with Crippen molar-refractivity contribution < 1.29 is 0 Å². The Labute approximate surface area is 132 Å². The van der Waals surface area contributed by atoms with Gasteiger partial charge < -0.3 is 0 Å². The van der Waals surface area contributed by atoms with E-state index in [-0.39, 0.29) is 15.7 Å². The van der Waals surface area contributed by atoms with Crippen molar-refractivity contribution >= 4 is 29.2 Å². The first-order valence-electron chi connectivity index (χ1n) is 7.60. The highest BCUT2D eigenvalue weighted by atomic mass is 35.5. The third-order valence-electron chi connectivity index (χ3n) is 5.71. The molecule has 20 heavy (non-hydrogen) atoms. The van der Waals surface area contributed by atoms with Crippen LogP contribution in [0.25, 0.3) is 0 Å². The van der Waals surface area contributed by atoms with Gasteiger partial charge in [-0.3, -0.25) is 0 Å². The maximum Gasteiger partial charge on any atom is 0.0447 e. The van der Waals surface area contributed by atoms with Gasteiger partial charge in [0.05, 0.1) is 0 Å². The molecule has 2 fully saturated rings. The number of fused-ring (bicyclic) bond motifs is 2. The van der Waals surface area contributed by atoms with E-state index in [1.807, 2.05) is 5.37 Å². The van der Waals surface area contributed by atoms with Gasteiger partial charge in [0.1, 0.15) is 0 Å². The molecule has 108 valence electrons. The Balaban J connectivity index is 2.04. The van der Waals surface area contributed by atoms with E-state index in [0.29, 0.717) is 5.92 Å². The number of hydrogen-bond donors (Lipinski definition) is 0. The van der Waals surface area contributed by atoms with Crippen LogP contribution in [-0.4, -0.2) is 10.2 Å². The average Bonchev–Trinajstić information content (AvgIpc) is 2.45. The van der Waals surface area contributed by atoms with E-state index in [4.69, 9.17) is 23.8 Å². The van der Waals surface area contributed by atoms with Crippen molar-refractivity contribution in [2.75, 3.05) is 0 Å². The molecule has 0 spiro atoms. The summed E-state index contributed by atoms with van der Waals surface area (Å²) in [5.74, 6) is 0.566. The molecule has 0 aliphatic heterocycles. The molecule has 0 aromatic heterocycles. The normalized spacial score (nSPS) is 44.0. The van der Waals surface area contributed by atoms with Gasteiger partial charge in [-0.2, -0.15) is 0 Å². The molecule has 2 bridgehead atoms. The van der Waals surface area contributed by atoms with Crippen molar-refractivity contribution in [3.05, 3.63) is 35.9 Å². The Morgan fingerprint density at radius 3 is 2.50 bits per heavy atom. The average molecular weight is 307 g/mol. The molecule has 0 nitrogen and oxygen atoms in total. The van der Waals surface area contributed by atoms with Gasteiger partial charge in [-0.25, -0.2) is 0 Å². The van der Waals surface area contributed by atoms with Crippen molar-refractivity contribution in [1.29, 1.82) is 0 Å².